The van der Waals surface area contributed by atoms with Crippen LogP contribution in [0.2, 0.25) is 10.3 Å². The summed E-state index contributed by atoms with van der Waals surface area (Å²) in [5.41, 5.74) is 2.45. The van der Waals surface area contributed by atoms with Crippen LogP contribution in [0.15, 0.2) is 30.6 Å². The molecule has 0 saturated carbocycles. The average Bonchev–Trinajstić information content (AvgIpc) is 2.99. The van der Waals surface area contributed by atoms with Crippen molar-refractivity contribution < 1.29 is 4.79 Å². The van der Waals surface area contributed by atoms with E-state index in [-0.39, 0.29) is 16.3 Å². The number of nitrogens with zero attached hydrogens (tertiary/aromatic N) is 7. The first-order chi connectivity index (χ1) is 13.2. The Kier molecular flexibility index (Phi) is 5.90. The second-order valence-corrected chi connectivity index (χ2v) is 7.28. The standard InChI is InChI=1S/C18H21Cl2N7O/c1-12-7-13(2)23-24(3)11-21-17(8-12)25(4)27-6-5-26(18(27)28)14-9-15(19)22-16(20)10-14/h7-11H,5-6H2,1-4H3. The predicted molar refractivity (Wildman–Crippen MR) is 110 cm³/mol. The van der Waals surface area contributed by atoms with Gasteiger partial charge in [-0.15, -0.1) is 0 Å². The third-order valence-electron chi connectivity index (χ3n) is 4.21. The van der Waals surface area contributed by atoms with Crippen molar-refractivity contribution in [1.82, 2.24) is 24.8 Å². The summed E-state index contributed by atoms with van der Waals surface area (Å²) in [6.07, 6.45) is 1.61. The largest absolute Gasteiger partial charge is 0.343 e. The summed E-state index contributed by atoms with van der Waals surface area (Å²) >= 11 is 12.0. The lowest BCUT2D eigenvalue weighted by Gasteiger charge is -2.28. The van der Waals surface area contributed by atoms with Gasteiger partial charge in [-0.3, -0.25) is 14.6 Å². The molecule has 3 heterocycles. The van der Waals surface area contributed by atoms with Crippen LogP contribution in [-0.2, 0) is 7.05 Å². The molecule has 1 aliphatic rings. The van der Waals surface area contributed by atoms with E-state index in [0.29, 0.717) is 24.6 Å². The number of urea groups is 1. The first-order valence-corrected chi connectivity index (χ1v) is 9.38. The molecule has 3 rings (SSSR count). The summed E-state index contributed by atoms with van der Waals surface area (Å²) in [5.74, 6) is 0.617. The third-order valence-corrected chi connectivity index (χ3v) is 4.59. The van der Waals surface area contributed by atoms with E-state index in [4.69, 9.17) is 23.2 Å². The Bertz CT molecular complexity index is 941. The fourth-order valence-corrected chi connectivity index (χ4v) is 3.46. The number of hydrogen-bond donors (Lipinski definition) is 0. The van der Waals surface area contributed by atoms with Crippen molar-refractivity contribution in [1.29, 1.82) is 0 Å². The van der Waals surface area contributed by atoms with Crippen LogP contribution in [0.25, 0.3) is 0 Å². The molecule has 1 aliphatic heterocycles. The molecule has 8 nitrogen and oxygen atoms in total. The maximum Gasteiger partial charge on any atom is 0.343 e. The van der Waals surface area contributed by atoms with Crippen molar-refractivity contribution in [3.05, 3.63) is 52.2 Å². The predicted octanol–water partition coefficient (Wildman–Crippen LogP) is 3.55. The van der Waals surface area contributed by atoms with Crippen LogP contribution in [0.4, 0.5) is 16.3 Å². The second kappa shape index (κ2) is 8.20. The molecule has 0 radical (unpaired) electrons. The summed E-state index contributed by atoms with van der Waals surface area (Å²) in [5, 5.41) is 8.20. The number of anilines is 2. The molecule has 0 unspecified atom stereocenters. The third kappa shape index (κ3) is 4.45. The molecule has 148 valence electrons. The molecule has 2 amide bonds. The Balaban J connectivity index is 1.92. The molecule has 2 aromatic rings. The van der Waals surface area contributed by atoms with Gasteiger partial charge in [0.05, 0.1) is 17.9 Å². The number of hydrogen-bond acceptors (Lipinski definition) is 5. The molecule has 0 atom stereocenters. The Morgan fingerprint density at radius 2 is 1.75 bits per heavy atom. The van der Waals surface area contributed by atoms with E-state index in [2.05, 4.69) is 15.1 Å². The van der Waals surface area contributed by atoms with Gasteiger partial charge >= 0.3 is 6.03 Å². The number of amides is 2. The van der Waals surface area contributed by atoms with Gasteiger partial charge in [-0.2, -0.15) is 5.10 Å². The molecule has 10 heteroatoms. The highest BCUT2D eigenvalue weighted by Gasteiger charge is 2.33. The lowest BCUT2D eigenvalue weighted by Crippen LogP contribution is -2.43. The number of carbonyl (C=O) groups excluding carboxylic acids is 1. The molecule has 28 heavy (non-hydrogen) atoms. The van der Waals surface area contributed by atoms with Crippen LogP contribution in [0.5, 0.6) is 0 Å². The highest BCUT2D eigenvalue weighted by molar-refractivity contribution is 6.33. The van der Waals surface area contributed by atoms with E-state index >= 15 is 0 Å². The van der Waals surface area contributed by atoms with Gasteiger partial charge in [0.2, 0.25) is 0 Å². The van der Waals surface area contributed by atoms with E-state index in [1.165, 1.54) is 0 Å². The first-order valence-electron chi connectivity index (χ1n) is 8.62. The molecular weight excluding hydrogens is 401 g/mol. The number of aryl methyl sites for hydroxylation is 3. The number of hydrazine groups is 1. The van der Waals surface area contributed by atoms with Gasteiger partial charge in [0.1, 0.15) is 22.5 Å². The van der Waals surface area contributed by atoms with Crippen molar-refractivity contribution >= 4 is 40.7 Å². The van der Waals surface area contributed by atoms with Gasteiger partial charge in [-0.25, -0.2) is 19.8 Å². The van der Waals surface area contributed by atoms with Crippen LogP contribution in [-0.4, -0.2) is 50.9 Å². The van der Waals surface area contributed by atoms with Gasteiger partial charge < -0.3 is 0 Å². The SMILES string of the molecule is Cc1cc(C)nn(C)cnc(N(C)N2CCN(c3cc(Cl)nc(Cl)c3)C2=O)c1. The van der Waals surface area contributed by atoms with Crippen LogP contribution in [0, 0.1) is 13.8 Å². The monoisotopic (exact) mass is 421 g/mol. The Morgan fingerprint density at radius 3 is 2.43 bits per heavy atom. The zero-order valence-corrected chi connectivity index (χ0v) is 17.6. The van der Waals surface area contributed by atoms with Gasteiger partial charge in [-0.05, 0) is 43.7 Å². The molecule has 0 bridgehead atoms. The second-order valence-electron chi connectivity index (χ2n) is 6.50. The van der Waals surface area contributed by atoms with Crippen LogP contribution >= 0.6 is 23.2 Å². The van der Waals surface area contributed by atoms with Crippen LogP contribution < -0.4 is 9.91 Å². The minimum Gasteiger partial charge on any atom is -0.291 e. The van der Waals surface area contributed by atoms with Crippen molar-refractivity contribution in [3.63, 3.8) is 0 Å². The molecule has 2 aromatic heterocycles. The minimum absolute atomic E-state index is 0.195. The van der Waals surface area contributed by atoms with Crippen molar-refractivity contribution in [2.45, 2.75) is 13.8 Å². The molecule has 0 aromatic carbocycles. The highest BCUT2D eigenvalue weighted by atomic mass is 35.5. The van der Waals surface area contributed by atoms with E-state index in [9.17, 15) is 4.79 Å². The minimum atomic E-state index is -0.195. The average molecular weight is 422 g/mol. The quantitative estimate of drug-likeness (QED) is 0.708. The number of pyridine rings is 1. The van der Waals surface area contributed by atoms with Crippen molar-refractivity contribution in [2.75, 3.05) is 30.0 Å². The van der Waals surface area contributed by atoms with Gasteiger partial charge in [0.15, 0.2) is 0 Å². The summed E-state index contributed by atoms with van der Waals surface area (Å²) in [6, 6.07) is 6.91. The lowest BCUT2D eigenvalue weighted by atomic mass is 10.3. The number of rotatable bonds is 3. The molecule has 0 aliphatic carbocycles. The summed E-state index contributed by atoms with van der Waals surface area (Å²) < 4.78 is 1.63. The number of halogens is 2. The summed E-state index contributed by atoms with van der Waals surface area (Å²) in [4.78, 5) is 23.0. The Hall–Kier alpha value is -2.58. The summed E-state index contributed by atoms with van der Waals surface area (Å²) in [6.45, 7) is 4.87. The van der Waals surface area contributed by atoms with Crippen LogP contribution in [0.1, 0.15) is 11.3 Å². The fraction of sp³-hybridized carbons (Fsp3) is 0.333. The van der Waals surface area contributed by atoms with Gasteiger partial charge in [-0.1, -0.05) is 23.2 Å². The van der Waals surface area contributed by atoms with E-state index in [1.54, 1.807) is 52.2 Å². The summed E-state index contributed by atoms with van der Waals surface area (Å²) in [7, 11) is 3.61. The first kappa shape index (κ1) is 20.2. The maximum absolute atomic E-state index is 13.0. The topological polar surface area (TPSA) is 70.4 Å². The Morgan fingerprint density at radius 1 is 1.07 bits per heavy atom. The van der Waals surface area contributed by atoms with Crippen molar-refractivity contribution in [3.8, 4) is 0 Å². The number of aromatic nitrogens is 4. The zero-order valence-electron chi connectivity index (χ0n) is 16.1. The molecule has 0 spiro atoms. The van der Waals surface area contributed by atoms with E-state index in [1.807, 2.05) is 26.0 Å². The molecule has 1 saturated heterocycles. The van der Waals surface area contributed by atoms with Gasteiger partial charge in [0, 0.05) is 20.6 Å². The molecule has 1 fully saturated rings. The molecular formula is C18H21Cl2N7O. The number of carbonyl (C=O) groups is 1. The van der Waals surface area contributed by atoms with E-state index < -0.39 is 0 Å². The lowest BCUT2D eigenvalue weighted by molar-refractivity contribution is 0.218. The maximum atomic E-state index is 13.0. The Labute approximate surface area is 173 Å². The van der Waals surface area contributed by atoms with Crippen LogP contribution in [0.3, 0.4) is 0 Å². The smallest absolute Gasteiger partial charge is 0.291 e. The van der Waals surface area contributed by atoms with Crippen molar-refractivity contribution in [2.24, 2.45) is 7.05 Å². The molecule has 0 N–H and O–H groups in total. The van der Waals surface area contributed by atoms with E-state index in [0.717, 1.165) is 11.3 Å². The normalized spacial score (nSPS) is 13.7. The van der Waals surface area contributed by atoms with Gasteiger partial charge in [0.25, 0.3) is 0 Å². The highest BCUT2D eigenvalue weighted by Crippen LogP contribution is 2.27. The zero-order chi connectivity index (χ0) is 20.4. The fourth-order valence-electron chi connectivity index (χ4n) is 3.01.